The lowest BCUT2D eigenvalue weighted by Crippen LogP contribution is -2.21. The largest absolute Gasteiger partial charge is 0.497 e. The van der Waals surface area contributed by atoms with Crippen LogP contribution < -0.4 is 25.2 Å². The van der Waals surface area contributed by atoms with Gasteiger partial charge in [-0.1, -0.05) is 6.07 Å². The highest BCUT2D eigenvalue weighted by Crippen LogP contribution is 2.24. The molecule has 9 nitrogen and oxygen atoms in total. The fourth-order valence-corrected chi connectivity index (χ4v) is 2.54. The van der Waals surface area contributed by atoms with Gasteiger partial charge in [0.1, 0.15) is 23.9 Å². The number of rotatable bonds is 8. The second kappa shape index (κ2) is 9.87. The summed E-state index contributed by atoms with van der Waals surface area (Å²) in [7, 11) is 3.17. The summed E-state index contributed by atoms with van der Waals surface area (Å²) in [5.74, 6) is 1.48. The molecule has 1 aromatic heterocycles. The molecule has 0 fully saturated rings. The Bertz CT molecular complexity index is 1090. The number of carbonyl (C=O) groups is 1. The summed E-state index contributed by atoms with van der Waals surface area (Å²) in [6.07, 6.45) is 1.48. The van der Waals surface area contributed by atoms with Crippen molar-refractivity contribution >= 4 is 12.1 Å². The highest BCUT2D eigenvalue weighted by atomic mass is 16.5. The smallest absolute Gasteiger partial charge is 0.291 e. The van der Waals surface area contributed by atoms with Gasteiger partial charge in [-0.25, -0.2) is 10.5 Å². The first kappa shape index (κ1) is 20.6. The van der Waals surface area contributed by atoms with Gasteiger partial charge in [-0.15, -0.1) is 0 Å². The standard InChI is InChI=1S/C21H20N4O5/c1-28-16-4-3-5-17(11-16)30-13-15-10-14(6-8-19(15)29-2)12-22-25-21(27)18-7-9-20(26)24-23-18/h3-12H,13H2,1-2H3,(H,24,26)(H,25,27). The number of methoxy groups -OCH3 is 2. The van der Waals surface area contributed by atoms with E-state index in [2.05, 4.69) is 20.7 Å². The van der Waals surface area contributed by atoms with Gasteiger partial charge in [-0.3, -0.25) is 9.59 Å². The first-order valence-electron chi connectivity index (χ1n) is 8.92. The Hall–Kier alpha value is -4.14. The first-order chi connectivity index (χ1) is 14.6. The predicted molar refractivity (Wildman–Crippen MR) is 110 cm³/mol. The van der Waals surface area contributed by atoms with Crippen LogP contribution in [0, 0.1) is 0 Å². The summed E-state index contributed by atoms with van der Waals surface area (Å²) >= 11 is 0. The number of ether oxygens (including phenoxy) is 3. The minimum absolute atomic E-state index is 0.0499. The number of nitrogens with zero attached hydrogens (tertiary/aromatic N) is 2. The van der Waals surface area contributed by atoms with Crippen LogP contribution in [-0.4, -0.2) is 36.5 Å². The van der Waals surface area contributed by atoms with Gasteiger partial charge >= 0.3 is 0 Å². The third kappa shape index (κ3) is 5.44. The zero-order valence-corrected chi connectivity index (χ0v) is 16.4. The van der Waals surface area contributed by atoms with Crippen LogP contribution in [-0.2, 0) is 6.61 Å². The number of amides is 1. The summed E-state index contributed by atoms with van der Waals surface area (Å²) in [5.41, 5.74) is 3.55. The lowest BCUT2D eigenvalue weighted by molar-refractivity contribution is 0.0949. The van der Waals surface area contributed by atoms with E-state index in [0.717, 1.165) is 11.1 Å². The minimum Gasteiger partial charge on any atom is -0.497 e. The highest BCUT2D eigenvalue weighted by Gasteiger charge is 2.07. The molecule has 9 heteroatoms. The van der Waals surface area contributed by atoms with Gasteiger partial charge in [0.2, 0.25) is 0 Å². The zero-order valence-electron chi connectivity index (χ0n) is 16.4. The molecule has 154 valence electrons. The number of aromatic nitrogens is 2. The Balaban J connectivity index is 1.67. The number of hydrazone groups is 1. The number of benzene rings is 2. The SMILES string of the molecule is COc1cccc(OCc2cc(C=NNC(=O)c3ccc(=O)[nH]n3)ccc2OC)c1. The molecular weight excluding hydrogens is 388 g/mol. The summed E-state index contributed by atoms with van der Waals surface area (Å²) < 4.78 is 16.4. The maximum Gasteiger partial charge on any atom is 0.291 e. The third-order valence-corrected chi connectivity index (χ3v) is 4.03. The maximum atomic E-state index is 12.0. The average molecular weight is 408 g/mol. The van der Waals surface area contributed by atoms with Gasteiger partial charge < -0.3 is 14.2 Å². The number of carbonyl (C=O) groups excluding carboxylic acids is 1. The van der Waals surface area contributed by atoms with Gasteiger partial charge in [0.25, 0.3) is 11.5 Å². The van der Waals surface area contributed by atoms with Crippen molar-refractivity contribution in [2.45, 2.75) is 6.61 Å². The third-order valence-electron chi connectivity index (χ3n) is 4.03. The van der Waals surface area contributed by atoms with Crippen molar-refractivity contribution in [3.8, 4) is 17.2 Å². The highest BCUT2D eigenvalue weighted by molar-refractivity contribution is 5.92. The molecule has 0 unspecified atom stereocenters. The first-order valence-corrected chi connectivity index (χ1v) is 8.92. The van der Waals surface area contributed by atoms with Crippen LogP contribution >= 0.6 is 0 Å². The quantitative estimate of drug-likeness (QED) is 0.436. The molecule has 0 spiro atoms. The van der Waals surface area contributed by atoms with Crippen LogP contribution in [0.3, 0.4) is 0 Å². The van der Waals surface area contributed by atoms with E-state index in [1.54, 1.807) is 32.4 Å². The molecule has 0 bridgehead atoms. The Morgan fingerprint density at radius 2 is 1.93 bits per heavy atom. The monoisotopic (exact) mass is 408 g/mol. The van der Waals surface area contributed by atoms with Gasteiger partial charge in [0.05, 0.1) is 20.4 Å². The van der Waals surface area contributed by atoms with Crippen molar-refractivity contribution in [1.29, 1.82) is 0 Å². The van der Waals surface area contributed by atoms with Crippen LogP contribution in [0.1, 0.15) is 21.6 Å². The van der Waals surface area contributed by atoms with Gasteiger partial charge in [0.15, 0.2) is 5.69 Å². The summed E-state index contributed by atoms with van der Waals surface area (Å²) in [6.45, 7) is 0.270. The summed E-state index contributed by atoms with van der Waals surface area (Å²) in [5, 5.41) is 9.75. The van der Waals surface area contributed by atoms with E-state index in [-0.39, 0.29) is 12.3 Å². The van der Waals surface area contributed by atoms with Crippen molar-refractivity contribution in [2.75, 3.05) is 14.2 Å². The minimum atomic E-state index is -0.544. The fourth-order valence-electron chi connectivity index (χ4n) is 2.54. The topological polar surface area (TPSA) is 115 Å². The molecule has 2 aromatic carbocycles. The number of aromatic amines is 1. The summed E-state index contributed by atoms with van der Waals surface area (Å²) in [4.78, 5) is 23.0. The molecule has 0 aliphatic carbocycles. The molecule has 0 saturated heterocycles. The maximum absolute atomic E-state index is 12.0. The van der Waals surface area contributed by atoms with Gasteiger partial charge in [0, 0.05) is 17.7 Å². The number of hydrogen-bond acceptors (Lipinski definition) is 7. The molecule has 3 aromatic rings. The van der Waals surface area contributed by atoms with Crippen LogP contribution in [0.15, 0.2) is 64.5 Å². The molecule has 0 aliphatic heterocycles. The molecule has 30 heavy (non-hydrogen) atoms. The van der Waals surface area contributed by atoms with Gasteiger partial charge in [-0.2, -0.15) is 10.2 Å². The van der Waals surface area contributed by atoms with E-state index < -0.39 is 11.5 Å². The second-order valence-electron chi connectivity index (χ2n) is 6.04. The Morgan fingerprint density at radius 1 is 1.10 bits per heavy atom. The van der Waals surface area contributed by atoms with Crippen molar-refractivity contribution < 1.29 is 19.0 Å². The molecule has 1 amide bonds. The van der Waals surface area contributed by atoms with Crippen molar-refractivity contribution in [2.24, 2.45) is 5.10 Å². The molecule has 0 radical (unpaired) electrons. The molecule has 0 aliphatic rings. The fraction of sp³-hybridized carbons (Fsp3) is 0.143. The van der Waals surface area contributed by atoms with Crippen molar-refractivity contribution in [1.82, 2.24) is 15.6 Å². The van der Waals surface area contributed by atoms with Crippen LogP contribution in [0.2, 0.25) is 0 Å². The van der Waals surface area contributed by atoms with E-state index >= 15 is 0 Å². The Kier molecular flexibility index (Phi) is 6.78. The lowest BCUT2D eigenvalue weighted by atomic mass is 10.1. The molecule has 1 heterocycles. The van der Waals surface area contributed by atoms with E-state index in [4.69, 9.17) is 14.2 Å². The predicted octanol–water partition coefficient (Wildman–Crippen LogP) is 2.13. The molecule has 2 N–H and O–H groups in total. The average Bonchev–Trinajstić information content (AvgIpc) is 2.78. The second-order valence-corrected chi connectivity index (χ2v) is 6.04. The zero-order chi connectivity index (χ0) is 21.3. The van der Waals surface area contributed by atoms with Crippen molar-refractivity contribution in [3.05, 3.63) is 81.8 Å². The molecule has 0 saturated carbocycles. The van der Waals surface area contributed by atoms with Gasteiger partial charge in [-0.05, 0) is 42.0 Å². The normalized spacial score (nSPS) is 10.6. The lowest BCUT2D eigenvalue weighted by Gasteiger charge is -2.12. The van der Waals surface area contributed by atoms with Crippen molar-refractivity contribution in [3.63, 3.8) is 0 Å². The van der Waals surface area contributed by atoms with E-state index in [0.29, 0.717) is 17.2 Å². The van der Waals surface area contributed by atoms with Crippen LogP contribution in [0.25, 0.3) is 0 Å². The summed E-state index contributed by atoms with van der Waals surface area (Å²) in [6, 6.07) is 15.2. The number of H-pyrrole nitrogens is 1. The van der Waals surface area contributed by atoms with E-state index in [1.165, 1.54) is 18.3 Å². The molecule has 3 rings (SSSR count). The van der Waals surface area contributed by atoms with Crippen LogP contribution in [0.4, 0.5) is 0 Å². The van der Waals surface area contributed by atoms with Crippen LogP contribution in [0.5, 0.6) is 17.2 Å². The van der Waals surface area contributed by atoms with E-state index in [1.807, 2.05) is 24.3 Å². The molecule has 0 atom stereocenters. The number of nitrogens with one attached hydrogen (secondary N) is 2. The number of hydrogen-bond donors (Lipinski definition) is 2. The Labute approximate surface area is 172 Å². The van der Waals surface area contributed by atoms with E-state index in [9.17, 15) is 9.59 Å². The molecular formula is C21H20N4O5. The Morgan fingerprint density at radius 3 is 2.67 bits per heavy atom.